The zero-order valence-electron chi connectivity index (χ0n) is 16.3. The van der Waals surface area contributed by atoms with Gasteiger partial charge in [-0.3, -0.25) is 9.88 Å². The minimum atomic E-state index is 0.298. The van der Waals surface area contributed by atoms with Crippen LogP contribution in [0.1, 0.15) is 45.1 Å². The fourth-order valence-corrected chi connectivity index (χ4v) is 4.85. The minimum absolute atomic E-state index is 0.298. The average molecular weight is 380 g/mol. The Kier molecular flexibility index (Phi) is 6.95. The van der Waals surface area contributed by atoms with Crippen molar-refractivity contribution < 1.29 is 5.11 Å². The topological polar surface area (TPSA) is 39.6 Å². The third-order valence-electron chi connectivity index (χ3n) is 6.62. The lowest BCUT2D eigenvalue weighted by Crippen LogP contribution is -2.53. The maximum absolute atomic E-state index is 10.1. The van der Waals surface area contributed by atoms with E-state index in [-0.39, 0.29) is 0 Å². The van der Waals surface area contributed by atoms with Gasteiger partial charge in [-0.15, -0.1) is 0 Å². The van der Waals surface area contributed by atoms with Gasteiger partial charge >= 0.3 is 0 Å². The third-order valence-corrected chi connectivity index (χ3v) is 6.96. The Morgan fingerprint density at radius 2 is 1.92 bits per heavy atom. The molecule has 1 atom stereocenters. The summed E-state index contributed by atoms with van der Waals surface area (Å²) in [5.74, 6) is 1.16. The summed E-state index contributed by atoms with van der Waals surface area (Å²) in [5, 5.41) is 10.9. The molecule has 1 N–H and O–H groups in total. The van der Waals surface area contributed by atoms with Crippen molar-refractivity contribution in [1.82, 2.24) is 14.8 Å². The molecule has 3 rings (SSSR count). The Labute approximate surface area is 163 Å². The number of aromatic nitrogens is 1. The Morgan fingerprint density at radius 3 is 2.54 bits per heavy atom. The van der Waals surface area contributed by atoms with Crippen molar-refractivity contribution in [1.29, 1.82) is 0 Å². The Bertz CT molecular complexity index is 572. The van der Waals surface area contributed by atoms with E-state index in [1.165, 1.54) is 45.3 Å². The van der Waals surface area contributed by atoms with Crippen molar-refractivity contribution in [3.63, 3.8) is 0 Å². The van der Waals surface area contributed by atoms with Crippen LogP contribution in [0.4, 0.5) is 0 Å². The standard InChI is InChI=1S/C21H34ClN3O/c1-17(2)4-9-24-10-5-21(6-11-24)7-12-25(15-19(21)16-26)14-18-3-8-23-13-20(18)22/h3,8,13,17,19,26H,4-7,9-12,14-16H2,1-2H3/t19-/m0/s1. The van der Waals surface area contributed by atoms with Crippen LogP contribution >= 0.6 is 11.6 Å². The molecule has 2 aliphatic heterocycles. The maximum Gasteiger partial charge on any atom is 0.0634 e. The summed E-state index contributed by atoms with van der Waals surface area (Å²) in [6, 6.07) is 2.01. The van der Waals surface area contributed by atoms with E-state index >= 15 is 0 Å². The maximum atomic E-state index is 10.1. The molecule has 5 heteroatoms. The SMILES string of the molecule is CC(C)CCN1CCC2(CC1)CCN(Cc1ccncc1Cl)C[C@H]2CO. The highest BCUT2D eigenvalue weighted by Crippen LogP contribution is 2.45. The summed E-state index contributed by atoms with van der Waals surface area (Å²) >= 11 is 6.28. The van der Waals surface area contributed by atoms with Crippen LogP contribution in [0.15, 0.2) is 18.5 Å². The van der Waals surface area contributed by atoms with Gasteiger partial charge in [-0.25, -0.2) is 0 Å². The molecule has 1 spiro atoms. The number of rotatable bonds is 6. The molecule has 2 saturated heterocycles. The molecule has 0 amide bonds. The molecular formula is C21H34ClN3O. The summed E-state index contributed by atoms with van der Waals surface area (Å²) in [6.07, 6.45) is 8.48. The predicted molar refractivity (Wildman–Crippen MR) is 107 cm³/mol. The van der Waals surface area contributed by atoms with Gasteiger partial charge in [0.1, 0.15) is 0 Å². The molecule has 0 aliphatic carbocycles. The number of aliphatic hydroxyl groups is 1. The molecule has 3 heterocycles. The predicted octanol–water partition coefficient (Wildman–Crippen LogP) is 3.68. The Hall–Kier alpha value is -0.680. The highest BCUT2D eigenvalue weighted by atomic mass is 35.5. The van der Waals surface area contributed by atoms with Gasteiger partial charge in [0.25, 0.3) is 0 Å². The average Bonchev–Trinajstić information content (AvgIpc) is 2.64. The zero-order valence-corrected chi connectivity index (χ0v) is 17.1. The molecule has 0 saturated carbocycles. The largest absolute Gasteiger partial charge is 0.396 e. The smallest absolute Gasteiger partial charge is 0.0634 e. The molecule has 1 aromatic rings. The molecule has 0 radical (unpaired) electrons. The van der Waals surface area contributed by atoms with E-state index in [0.29, 0.717) is 17.9 Å². The van der Waals surface area contributed by atoms with Gasteiger partial charge in [-0.05, 0) is 74.8 Å². The summed E-state index contributed by atoms with van der Waals surface area (Å²) < 4.78 is 0. The number of halogens is 1. The van der Waals surface area contributed by atoms with Crippen molar-refractivity contribution in [2.24, 2.45) is 17.3 Å². The van der Waals surface area contributed by atoms with Crippen LogP contribution in [0.5, 0.6) is 0 Å². The Morgan fingerprint density at radius 1 is 1.23 bits per heavy atom. The first-order valence-corrected chi connectivity index (χ1v) is 10.5. The third kappa shape index (κ3) is 4.78. The molecular weight excluding hydrogens is 346 g/mol. The fourth-order valence-electron chi connectivity index (χ4n) is 4.67. The second-order valence-electron chi connectivity index (χ2n) is 8.72. The summed E-state index contributed by atoms with van der Waals surface area (Å²) in [5.41, 5.74) is 1.47. The van der Waals surface area contributed by atoms with Crippen LogP contribution in [-0.4, -0.2) is 59.2 Å². The summed E-state index contributed by atoms with van der Waals surface area (Å²) in [6.45, 7) is 11.4. The summed E-state index contributed by atoms with van der Waals surface area (Å²) in [7, 11) is 0. The molecule has 0 bridgehead atoms. The van der Waals surface area contributed by atoms with Crippen LogP contribution in [0, 0.1) is 17.3 Å². The zero-order chi connectivity index (χ0) is 18.6. The monoisotopic (exact) mass is 379 g/mol. The molecule has 1 aromatic heterocycles. The molecule has 2 fully saturated rings. The van der Waals surface area contributed by atoms with Crippen LogP contribution in [0.25, 0.3) is 0 Å². The van der Waals surface area contributed by atoms with E-state index in [1.807, 2.05) is 12.3 Å². The number of hydrogen-bond acceptors (Lipinski definition) is 4. The van der Waals surface area contributed by atoms with Crippen molar-refractivity contribution >= 4 is 11.6 Å². The number of hydrogen-bond donors (Lipinski definition) is 1. The fraction of sp³-hybridized carbons (Fsp3) is 0.762. The first kappa shape index (κ1) is 20.1. The van der Waals surface area contributed by atoms with E-state index in [0.717, 1.165) is 36.1 Å². The van der Waals surface area contributed by atoms with Crippen LogP contribution in [-0.2, 0) is 6.54 Å². The Balaban J connectivity index is 1.56. The molecule has 2 aliphatic rings. The highest BCUT2D eigenvalue weighted by molar-refractivity contribution is 6.31. The normalized spacial score (nSPS) is 24.4. The van der Waals surface area contributed by atoms with Crippen molar-refractivity contribution in [2.75, 3.05) is 39.3 Å². The van der Waals surface area contributed by atoms with Crippen LogP contribution in [0.3, 0.4) is 0 Å². The van der Waals surface area contributed by atoms with Gasteiger partial charge in [0, 0.05) is 38.0 Å². The van der Waals surface area contributed by atoms with Gasteiger partial charge < -0.3 is 10.0 Å². The molecule has 4 nitrogen and oxygen atoms in total. The first-order valence-electron chi connectivity index (χ1n) is 10.2. The highest BCUT2D eigenvalue weighted by Gasteiger charge is 2.44. The number of pyridine rings is 1. The van der Waals surface area contributed by atoms with Crippen molar-refractivity contribution in [2.45, 2.75) is 46.1 Å². The quantitative estimate of drug-likeness (QED) is 0.818. The molecule has 26 heavy (non-hydrogen) atoms. The van der Waals surface area contributed by atoms with E-state index in [1.54, 1.807) is 6.20 Å². The number of aliphatic hydroxyl groups excluding tert-OH is 1. The lowest BCUT2D eigenvalue weighted by atomic mass is 9.64. The molecule has 0 aromatic carbocycles. The number of piperidine rings is 2. The summed E-state index contributed by atoms with van der Waals surface area (Å²) in [4.78, 5) is 9.16. The van der Waals surface area contributed by atoms with E-state index in [4.69, 9.17) is 11.6 Å². The van der Waals surface area contributed by atoms with E-state index in [9.17, 15) is 5.11 Å². The minimum Gasteiger partial charge on any atom is -0.396 e. The number of likely N-dealkylation sites (tertiary alicyclic amines) is 2. The molecule has 0 unspecified atom stereocenters. The lowest BCUT2D eigenvalue weighted by Gasteiger charge is -2.51. The first-order chi connectivity index (χ1) is 12.5. The van der Waals surface area contributed by atoms with Gasteiger partial charge in [0.15, 0.2) is 0 Å². The van der Waals surface area contributed by atoms with Gasteiger partial charge in [-0.2, -0.15) is 0 Å². The lowest BCUT2D eigenvalue weighted by molar-refractivity contribution is -0.0441. The van der Waals surface area contributed by atoms with Crippen LogP contribution in [0.2, 0.25) is 5.02 Å². The van der Waals surface area contributed by atoms with Gasteiger partial charge in [0.05, 0.1) is 5.02 Å². The second kappa shape index (κ2) is 9.01. The van der Waals surface area contributed by atoms with Gasteiger partial charge in [-0.1, -0.05) is 25.4 Å². The van der Waals surface area contributed by atoms with E-state index in [2.05, 4.69) is 28.6 Å². The van der Waals surface area contributed by atoms with Gasteiger partial charge in [0.2, 0.25) is 0 Å². The van der Waals surface area contributed by atoms with E-state index < -0.39 is 0 Å². The van der Waals surface area contributed by atoms with Crippen LogP contribution < -0.4 is 0 Å². The number of nitrogens with zero attached hydrogens (tertiary/aromatic N) is 3. The van der Waals surface area contributed by atoms with Crippen molar-refractivity contribution in [3.05, 3.63) is 29.0 Å². The molecule has 146 valence electrons. The van der Waals surface area contributed by atoms with Crippen molar-refractivity contribution in [3.8, 4) is 0 Å². The second-order valence-corrected chi connectivity index (χ2v) is 9.13.